The zero-order chi connectivity index (χ0) is 19.9. The van der Waals surface area contributed by atoms with Crippen LogP contribution in [0, 0.1) is 0 Å². The van der Waals surface area contributed by atoms with Gasteiger partial charge in [0.05, 0.1) is 5.56 Å². The predicted octanol–water partition coefficient (Wildman–Crippen LogP) is 5.30. The number of carbonyl (C=O) groups excluding carboxylic acids is 1. The first kappa shape index (κ1) is 20.3. The number of nitrogens with zero attached hydrogens (tertiary/aromatic N) is 1. The van der Waals surface area contributed by atoms with E-state index in [1.165, 1.54) is 44.2 Å². The van der Waals surface area contributed by atoms with Gasteiger partial charge in [-0.3, -0.25) is 9.69 Å². The minimum atomic E-state index is -2.98. The molecule has 2 aromatic rings. The second-order valence-corrected chi connectivity index (χ2v) is 7.19. The molecule has 2 aromatic carbocycles. The number of benzene rings is 2. The Morgan fingerprint density at radius 1 is 1.11 bits per heavy atom. The van der Waals surface area contributed by atoms with Crippen molar-refractivity contribution in [3.63, 3.8) is 0 Å². The van der Waals surface area contributed by atoms with E-state index in [2.05, 4.69) is 22.0 Å². The Morgan fingerprint density at radius 3 is 2.54 bits per heavy atom. The lowest BCUT2D eigenvalue weighted by molar-refractivity contribution is -0.0501. The molecule has 28 heavy (non-hydrogen) atoms. The van der Waals surface area contributed by atoms with Gasteiger partial charge in [-0.05, 0) is 43.7 Å². The number of nitrogens with one attached hydrogen (secondary N) is 1. The van der Waals surface area contributed by atoms with Crippen LogP contribution in [0.2, 0.25) is 0 Å². The molecule has 0 atom stereocenters. The summed E-state index contributed by atoms with van der Waals surface area (Å²) in [7, 11) is 2.11. The van der Waals surface area contributed by atoms with Crippen LogP contribution in [-0.4, -0.2) is 30.5 Å². The zero-order valence-electron chi connectivity index (χ0n) is 16.0. The highest BCUT2D eigenvalue weighted by Crippen LogP contribution is 2.26. The molecule has 1 aliphatic rings. The van der Waals surface area contributed by atoms with Crippen molar-refractivity contribution in [3.8, 4) is 5.75 Å². The summed E-state index contributed by atoms with van der Waals surface area (Å²) >= 11 is 0. The molecule has 0 bridgehead atoms. The van der Waals surface area contributed by atoms with E-state index in [-0.39, 0.29) is 11.3 Å². The maximum absolute atomic E-state index is 12.7. The summed E-state index contributed by atoms with van der Waals surface area (Å²) in [6.45, 7) is -2.26. The Balaban J connectivity index is 1.73. The van der Waals surface area contributed by atoms with Crippen molar-refractivity contribution in [1.82, 2.24) is 4.90 Å². The van der Waals surface area contributed by atoms with Crippen molar-refractivity contribution in [2.24, 2.45) is 0 Å². The van der Waals surface area contributed by atoms with Gasteiger partial charge in [0.25, 0.3) is 5.91 Å². The molecule has 1 amide bonds. The number of amides is 1. The Labute approximate surface area is 164 Å². The highest BCUT2D eigenvalue weighted by molar-refractivity contribution is 6.06. The third-order valence-electron chi connectivity index (χ3n) is 5.23. The second kappa shape index (κ2) is 9.64. The lowest BCUT2D eigenvalue weighted by atomic mass is 9.94. The predicted molar refractivity (Wildman–Crippen MR) is 106 cm³/mol. The van der Waals surface area contributed by atoms with Crippen LogP contribution < -0.4 is 10.1 Å². The van der Waals surface area contributed by atoms with Gasteiger partial charge in [-0.15, -0.1) is 0 Å². The van der Waals surface area contributed by atoms with Gasteiger partial charge in [-0.2, -0.15) is 8.78 Å². The monoisotopic (exact) mass is 388 g/mol. The molecule has 1 fully saturated rings. The number of halogens is 2. The summed E-state index contributed by atoms with van der Waals surface area (Å²) in [4.78, 5) is 15.0. The topological polar surface area (TPSA) is 41.6 Å². The Morgan fingerprint density at radius 2 is 1.79 bits per heavy atom. The van der Waals surface area contributed by atoms with E-state index in [4.69, 9.17) is 0 Å². The SMILES string of the molecule is CN(Cc1ccccc1NC(=O)c1ccccc1OC(F)F)C1CCCCC1. The number of rotatable bonds is 7. The molecular weight excluding hydrogens is 362 g/mol. The number of carbonyl (C=O) groups is 1. The van der Waals surface area contributed by atoms with Gasteiger partial charge in [0.1, 0.15) is 5.75 Å². The molecule has 3 rings (SSSR count). The number of para-hydroxylation sites is 2. The third-order valence-corrected chi connectivity index (χ3v) is 5.23. The maximum atomic E-state index is 12.7. The first-order chi connectivity index (χ1) is 13.5. The number of hydrogen-bond acceptors (Lipinski definition) is 3. The summed E-state index contributed by atoms with van der Waals surface area (Å²) in [5.41, 5.74) is 1.76. The Bertz CT molecular complexity index is 792. The highest BCUT2D eigenvalue weighted by Gasteiger charge is 2.20. The summed E-state index contributed by atoms with van der Waals surface area (Å²) in [5.74, 6) is -0.601. The average molecular weight is 388 g/mol. The lowest BCUT2D eigenvalue weighted by Crippen LogP contribution is -2.33. The van der Waals surface area contributed by atoms with E-state index in [1.807, 2.05) is 24.3 Å². The van der Waals surface area contributed by atoms with Crippen LogP contribution in [-0.2, 0) is 6.54 Å². The van der Waals surface area contributed by atoms with Crippen LogP contribution in [0.3, 0.4) is 0 Å². The summed E-state index contributed by atoms with van der Waals surface area (Å²) in [6.07, 6.45) is 6.21. The van der Waals surface area contributed by atoms with Gasteiger partial charge < -0.3 is 10.1 Å². The van der Waals surface area contributed by atoms with Gasteiger partial charge in [0, 0.05) is 18.3 Å². The van der Waals surface area contributed by atoms with Crippen LogP contribution in [0.25, 0.3) is 0 Å². The molecule has 1 saturated carbocycles. The lowest BCUT2D eigenvalue weighted by Gasteiger charge is -2.31. The molecule has 0 spiro atoms. The molecule has 6 heteroatoms. The smallest absolute Gasteiger partial charge is 0.387 e. The fraction of sp³-hybridized carbons (Fsp3) is 0.409. The van der Waals surface area contributed by atoms with Crippen molar-refractivity contribution < 1.29 is 18.3 Å². The Kier molecular flexibility index (Phi) is 6.98. The minimum absolute atomic E-state index is 0.0817. The van der Waals surface area contributed by atoms with E-state index < -0.39 is 12.5 Å². The number of hydrogen-bond donors (Lipinski definition) is 1. The maximum Gasteiger partial charge on any atom is 0.387 e. The first-order valence-electron chi connectivity index (χ1n) is 9.68. The van der Waals surface area contributed by atoms with Gasteiger partial charge in [0.2, 0.25) is 0 Å². The third kappa shape index (κ3) is 5.29. The fourth-order valence-corrected chi connectivity index (χ4v) is 3.74. The summed E-state index contributed by atoms with van der Waals surface area (Å²) < 4.78 is 29.7. The normalized spacial score (nSPS) is 15.0. The molecule has 0 radical (unpaired) electrons. The molecule has 0 heterocycles. The largest absolute Gasteiger partial charge is 0.434 e. The highest BCUT2D eigenvalue weighted by atomic mass is 19.3. The number of anilines is 1. The van der Waals surface area contributed by atoms with Crippen molar-refractivity contribution in [2.45, 2.75) is 51.3 Å². The van der Waals surface area contributed by atoms with Crippen molar-refractivity contribution in [3.05, 3.63) is 59.7 Å². The van der Waals surface area contributed by atoms with E-state index in [1.54, 1.807) is 12.1 Å². The molecule has 4 nitrogen and oxygen atoms in total. The fourth-order valence-electron chi connectivity index (χ4n) is 3.74. The summed E-state index contributed by atoms with van der Waals surface area (Å²) in [5, 5.41) is 2.86. The van der Waals surface area contributed by atoms with Crippen molar-refractivity contribution in [1.29, 1.82) is 0 Å². The standard InChI is InChI=1S/C22H26F2N2O2/c1-26(17-10-3-2-4-11-17)15-16-9-5-7-13-19(16)25-21(27)18-12-6-8-14-20(18)28-22(23)24/h5-9,12-14,17,22H,2-4,10-11,15H2,1H3,(H,25,27). The molecule has 0 saturated heterocycles. The van der Waals surface area contributed by atoms with Crippen LogP contribution in [0.1, 0.15) is 48.0 Å². The van der Waals surface area contributed by atoms with E-state index >= 15 is 0 Å². The van der Waals surface area contributed by atoms with Crippen LogP contribution >= 0.6 is 0 Å². The Hall–Kier alpha value is -2.47. The van der Waals surface area contributed by atoms with Gasteiger partial charge in [-0.25, -0.2) is 0 Å². The molecule has 1 aliphatic carbocycles. The van der Waals surface area contributed by atoms with Crippen molar-refractivity contribution >= 4 is 11.6 Å². The van der Waals surface area contributed by atoms with E-state index in [0.717, 1.165) is 12.1 Å². The number of alkyl halides is 2. The molecule has 0 aliphatic heterocycles. The number of ether oxygens (including phenoxy) is 1. The van der Waals surface area contributed by atoms with Gasteiger partial charge in [0.15, 0.2) is 0 Å². The molecule has 150 valence electrons. The van der Waals surface area contributed by atoms with Crippen LogP contribution in [0.15, 0.2) is 48.5 Å². The average Bonchev–Trinajstić information content (AvgIpc) is 2.70. The van der Waals surface area contributed by atoms with Crippen LogP contribution in [0.4, 0.5) is 14.5 Å². The molecular formula is C22H26F2N2O2. The minimum Gasteiger partial charge on any atom is -0.434 e. The van der Waals surface area contributed by atoms with Gasteiger partial charge >= 0.3 is 6.61 Å². The molecule has 0 unspecified atom stereocenters. The van der Waals surface area contributed by atoms with Crippen LogP contribution in [0.5, 0.6) is 5.75 Å². The van der Waals surface area contributed by atoms with Crippen molar-refractivity contribution in [2.75, 3.05) is 12.4 Å². The molecule has 0 aromatic heterocycles. The quantitative estimate of drug-likeness (QED) is 0.699. The van der Waals surface area contributed by atoms with E-state index in [0.29, 0.717) is 11.7 Å². The van der Waals surface area contributed by atoms with Gasteiger partial charge in [-0.1, -0.05) is 49.6 Å². The second-order valence-electron chi connectivity index (χ2n) is 7.19. The summed E-state index contributed by atoms with van der Waals surface area (Å²) in [6, 6.07) is 14.2. The zero-order valence-corrected chi connectivity index (χ0v) is 16.0. The first-order valence-corrected chi connectivity index (χ1v) is 9.68. The molecule has 1 N–H and O–H groups in total. The van der Waals surface area contributed by atoms with E-state index in [9.17, 15) is 13.6 Å².